The number of nitrogens with one attached hydrogen (secondary N) is 1. The van der Waals surface area contributed by atoms with Gasteiger partial charge in [0.05, 0.1) is 40.0 Å². The Kier molecular flexibility index (Phi) is 6.68. The minimum atomic E-state index is -3.51. The van der Waals surface area contributed by atoms with Crippen molar-refractivity contribution >= 4 is 16.0 Å². The summed E-state index contributed by atoms with van der Waals surface area (Å²) in [5.41, 5.74) is 3.54. The minimum Gasteiger partial charge on any atom is -0.252 e. The standard InChI is InChI=1S/C29H30F2N6O2S/c1-7-29(24-12-16(2)11-22(34-24)18-14-32-27(33-15-18)37-40(6,38)39)26-19(17(3)28(29,4)5)13-23(35-36-26)25-20(30)9-8-10-21(25)31/h8-15,17H,7H2,1-6H3,(H,32,33,37)/t17-,29-/m0/s1. The van der Waals surface area contributed by atoms with Gasteiger partial charge in [0.25, 0.3) is 0 Å². The summed E-state index contributed by atoms with van der Waals surface area (Å²) in [7, 11) is -3.51. The lowest BCUT2D eigenvalue weighted by atomic mass is 9.60. The third kappa shape index (κ3) is 4.42. The lowest BCUT2D eigenvalue weighted by Crippen LogP contribution is -2.41. The van der Waals surface area contributed by atoms with Gasteiger partial charge >= 0.3 is 0 Å². The summed E-state index contributed by atoms with van der Waals surface area (Å²) < 4.78 is 54.6. The molecule has 4 aromatic rings. The molecule has 0 saturated heterocycles. The van der Waals surface area contributed by atoms with E-state index in [2.05, 4.69) is 52.6 Å². The Morgan fingerprint density at radius 2 is 1.65 bits per heavy atom. The number of fused-ring (bicyclic) bond motifs is 1. The minimum absolute atomic E-state index is 0.0259. The molecule has 3 heterocycles. The van der Waals surface area contributed by atoms with Crippen molar-refractivity contribution in [2.45, 2.75) is 52.4 Å². The van der Waals surface area contributed by atoms with Gasteiger partial charge in [-0.1, -0.05) is 33.8 Å². The topological polar surface area (TPSA) is 111 Å². The number of pyridine rings is 1. The Balaban J connectivity index is 1.65. The number of sulfonamides is 1. The Morgan fingerprint density at radius 1 is 1.00 bits per heavy atom. The van der Waals surface area contributed by atoms with Crippen molar-refractivity contribution in [3.05, 3.63) is 82.9 Å². The molecule has 0 fully saturated rings. The summed E-state index contributed by atoms with van der Waals surface area (Å²) in [6.45, 7) is 10.5. The molecule has 0 bridgehead atoms. The maximum Gasteiger partial charge on any atom is 0.236 e. The molecule has 1 N–H and O–H groups in total. The molecule has 3 aromatic heterocycles. The van der Waals surface area contributed by atoms with Crippen LogP contribution in [0.3, 0.4) is 0 Å². The summed E-state index contributed by atoms with van der Waals surface area (Å²) in [4.78, 5) is 13.3. The van der Waals surface area contributed by atoms with Gasteiger partial charge in [-0.15, -0.1) is 5.10 Å². The molecule has 0 radical (unpaired) electrons. The Bertz CT molecular complexity index is 1710. The molecule has 0 amide bonds. The number of anilines is 1. The summed E-state index contributed by atoms with van der Waals surface area (Å²) in [5.74, 6) is -1.43. The van der Waals surface area contributed by atoms with E-state index in [-0.39, 0.29) is 28.5 Å². The molecule has 1 aliphatic rings. The van der Waals surface area contributed by atoms with E-state index < -0.39 is 27.1 Å². The van der Waals surface area contributed by atoms with Crippen molar-refractivity contribution in [2.24, 2.45) is 5.41 Å². The maximum absolute atomic E-state index is 14.6. The molecule has 0 saturated carbocycles. The first-order valence-electron chi connectivity index (χ1n) is 12.9. The molecular formula is C29H30F2N6O2S. The molecule has 0 aliphatic heterocycles. The fourth-order valence-corrected chi connectivity index (χ4v) is 6.40. The van der Waals surface area contributed by atoms with Gasteiger partial charge in [-0.2, -0.15) is 5.10 Å². The Hall–Kier alpha value is -3.86. The number of aromatic nitrogens is 5. The smallest absolute Gasteiger partial charge is 0.236 e. The van der Waals surface area contributed by atoms with E-state index in [4.69, 9.17) is 4.98 Å². The summed E-state index contributed by atoms with van der Waals surface area (Å²) >= 11 is 0. The number of nitrogens with zero attached hydrogens (tertiary/aromatic N) is 5. The van der Waals surface area contributed by atoms with Crippen molar-refractivity contribution in [2.75, 3.05) is 11.0 Å². The van der Waals surface area contributed by atoms with Gasteiger partial charge in [-0.25, -0.2) is 27.2 Å². The van der Waals surface area contributed by atoms with Crippen LogP contribution in [0.4, 0.5) is 14.7 Å². The molecule has 5 rings (SSSR count). The first-order chi connectivity index (χ1) is 18.8. The van der Waals surface area contributed by atoms with Crippen molar-refractivity contribution in [1.82, 2.24) is 25.1 Å². The molecule has 8 nitrogen and oxygen atoms in total. The lowest BCUT2D eigenvalue weighted by Gasteiger charge is -2.43. The number of hydrogen-bond donors (Lipinski definition) is 1. The zero-order valence-corrected chi connectivity index (χ0v) is 23.9. The van der Waals surface area contributed by atoms with E-state index in [1.807, 2.05) is 19.1 Å². The van der Waals surface area contributed by atoms with Crippen LogP contribution in [-0.2, 0) is 15.4 Å². The van der Waals surface area contributed by atoms with Crippen LogP contribution in [0.2, 0.25) is 0 Å². The maximum atomic E-state index is 14.6. The predicted octanol–water partition coefficient (Wildman–Crippen LogP) is 5.79. The molecule has 1 aromatic carbocycles. The highest BCUT2D eigenvalue weighted by atomic mass is 32.2. The molecular weight excluding hydrogens is 534 g/mol. The Morgan fingerprint density at radius 3 is 2.25 bits per heavy atom. The number of rotatable bonds is 6. The van der Waals surface area contributed by atoms with Crippen LogP contribution in [-0.4, -0.2) is 39.8 Å². The summed E-state index contributed by atoms with van der Waals surface area (Å²) in [6.07, 6.45) is 4.74. The lowest BCUT2D eigenvalue weighted by molar-refractivity contribution is 0.179. The largest absolute Gasteiger partial charge is 0.252 e. The van der Waals surface area contributed by atoms with Crippen molar-refractivity contribution < 1.29 is 17.2 Å². The van der Waals surface area contributed by atoms with Crippen LogP contribution < -0.4 is 4.72 Å². The van der Waals surface area contributed by atoms with Gasteiger partial charge in [0, 0.05) is 18.0 Å². The first-order valence-corrected chi connectivity index (χ1v) is 14.8. The number of aryl methyl sites for hydroxylation is 1. The first kappa shape index (κ1) is 27.7. The zero-order chi connectivity index (χ0) is 29.0. The second-order valence-corrected chi connectivity index (χ2v) is 12.7. The fourth-order valence-electron chi connectivity index (χ4n) is 5.96. The summed E-state index contributed by atoms with van der Waals surface area (Å²) in [5, 5.41) is 8.95. The van der Waals surface area contributed by atoms with Gasteiger partial charge in [0.1, 0.15) is 11.6 Å². The van der Waals surface area contributed by atoms with Crippen molar-refractivity contribution in [3.8, 4) is 22.5 Å². The van der Waals surface area contributed by atoms with Gasteiger partial charge < -0.3 is 0 Å². The molecule has 0 unspecified atom stereocenters. The van der Waals surface area contributed by atoms with Crippen LogP contribution in [0.25, 0.3) is 22.5 Å². The van der Waals surface area contributed by atoms with Crippen molar-refractivity contribution in [3.63, 3.8) is 0 Å². The van der Waals surface area contributed by atoms with E-state index in [0.717, 1.165) is 28.8 Å². The molecule has 208 valence electrons. The van der Waals surface area contributed by atoms with Crippen molar-refractivity contribution in [1.29, 1.82) is 0 Å². The molecule has 11 heteroatoms. The van der Waals surface area contributed by atoms with E-state index in [1.165, 1.54) is 30.6 Å². The highest BCUT2D eigenvalue weighted by molar-refractivity contribution is 7.91. The average Bonchev–Trinajstić information content (AvgIpc) is 3.05. The van der Waals surface area contributed by atoms with Gasteiger partial charge in [0.2, 0.25) is 16.0 Å². The van der Waals surface area contributed by atoms with Crippen LogP contribution in [0.5, 0.6) is 0 Å². The van der Waals surface area contributed by atoms with Gasteiger partial charge in [-0.05, 0) is 66.1 Å². The fraction of sp³-hybridized carbons (Fsp3) is 0.345. The third-order valence-electron chi connectivity index (χ3n) is 8.26. The van der Waals surface area contributed by atoms with E-state index in [9.17, 15) is 17.2 Å². The molecule has 2 atom stereocenters. The second-order valence-electron chi connectivity index (χ2n) is 10.9. The third-order valence-corrected chi connectivity index (χ3v) is 8.81. The highest BCUT2D eigenvalue weighted by Crippen LogP contribution is 2.62. The van der Waals surface area contributed by atoms with E-state index in [1.54, 1.807) is 6.07 Å². The second kappa shape index (κ2) is 9.65. The number of hydrogen-bond acceptors (Lipinski definition) is 7. The van der Waals surface area contributed by atoms with Crippen LogP contribution in [0, 0.1) is 24.0 Å². The van der Waals surface area contributed by atoms with Crippen LogP contribution >= 0.6 is 0 Å². The molecule has 40 heavy (non-hydrogen) atoms. The normalized spacial score (nSPS) is 19.9. The van der Waals surface area contributed by atoms with Gasteiger partial charge in [0.15, 0.2) is 0 Å². The number of benzene rings is 1. The number of halogens is 2. The predicted molar refractivity (Wildman–Crippen MR) is 149 cm³/mol. The van der Waals surface area contributed by atoms with Crippen LogP contribution in [0.1, 0.15) is 62.5 Å². The monoisotopic (exact) mass is 564 g/mol. The summed E-state index contributed by atoms with van der Waals surface area (Å²) in [6, 6.07) is 9.45. The van der Waals surface area contributed by atoms with E-state index >= 15 is 0 Å². The zero-order valence-electron chi connectivity index (χ0n) is 23.1. The SMILES string of the molecule is CC[C@]1(c2cc(C)cc(-c3cnc(NS(C)(=O)=O)nc3)n2)c2nnc(-c3c(F)cccc3F)cc2[C@H](C)C1(C)C. The quantitative estimate of drug-likeness (QED) is 0.315. The Labute approximate surface area is 232 Å². The highest BCUT2D eigenvalue weighted by Gasteiger charge is 2.58. The molecule has 1 aliphatic carbocycles. The van der Waals surface area contributed by atoms with Crippen LogP contribution in [0.15, 0.2) is 48.8 Å². The average molecular weight is 565 g/mol. The van der Waals surface area contributed by atoms with E-state index in [0.29, 0.717) is 17.7 Å². The molecule has 0 spiro atoms. The van der Waals surface area contributed by atoms with Gasteiger partial charge in [-0.3, -0.25) is 9.71 Å².